The molecule has 1 aliphatic heterocycles. The molecule has 3 aromatic rings. The summed E-state index contributed by atoms with van der Waals surface area (Å²) in [4.78, 5) is 65.6. The van der Waals surface area contributed by atoms with Crippen LogP contribution in [-0.2, 0) is 19.1 Å². The molecular formula is C41H50ClN7O8S. The second-order valence-corrected chi connectivity index (χ2v) is 18.6. The van der Waals surface area contributed by atoms with Crippen LogP contribution in [0.25, 0.3) is 22.3 Å². The highest BCUT2D eigenvalue weighted by Gasteiger charge is 2.61. The summed E-state index contributed by atoms with van der Waals surface area (Å²) in [6, 6.07) is 4.92. The van der Waals surface area contributed by atoms with Crippen molar-refractivity contribution in [2.45, 2.75) is 116 Å². The number of benzene rings is 1. The lowest BCUT2D eigenvalue weighted by atomic mass is 9.85. The van der Waals surface area contributed by atoms with Gasteiger partial charge < -0.3 is 40.2 Å². The molecule has 0 bridgehead atoms. The van der Waals surface area contributed by atoms with Crippen LogP contribution in [0.5, 0.6) is 11.5 Å². The number of carbonyl (C=O) groups excluding carboxylic acids is 3. The molecule has 15 nitrogen and oxygen atoms in total. The van der Waals surface area contributed by atoms with Crippen LogP contribution in [0.2, 0.25) is 5.02 Å². The second-order valence-electron chi connectivity index (χ2n) is 17.3. The Hall–Kier alpha value is -4.88. The molecule has 3 saturated carbocycles. The number of hydrogen-bond acceptors (Lipinski definition) is 12. The number of aromatic nitrogens is 2. The Balaban J connectivity index is 1.21. The molecule has 3 amide bonds. The number of thiazole rings is 1. The molecule has 58 heavy (non-hydrogen) atoms. The van der Waals surface area contributed by atoms with Crippen molar-refractivity contribution in [2.24, 2.45) is 23.2 Å². The van der Waals surface area contributed by atoms with E-state index in [2.05, 4.69) is 16.0 Å². The van der Waals surface area contributed by atoms with E-state index in [0.717, 1.165) is 19.3 Å². The first kappa shape index (κ1) is 41.3. The first-order valence-corrected chi connectivity index (χ1v) is 21.1. The first-order valence-electron chi connectivity index (χ1n) is 19.9. The number of amides is 3. The summed E-state index contributed by atoms with van der Waals surface area (Å²) in [5.41, 5.74) is -0.909. The number of anilines is 1. The van der Waals surface area contributed by atoms with Crippen molar-refractivity contribution >= 4 is 62.8 Å². The maximum absolute atomic E-state index is 14.7. The van der Waals surface area contributed by atoms with Gasteiger partial charge in [0.2, 0.25) is 11.8 Å². The number of nitrogens with one attached hydrogen (secondary N) is 3. The Morgan fingerprint density at radius 1 is 1.09 bits per heavy atom. The molecule has 7 rings (SSSR count). The van der Waals surface area contributed by atoms with Gasteiger partial charge in [0.1, 0.15) is 58.1 Å². The zero-order valence-corrected chi connectivity index (χ0v) is 35.0. The number of carboxylic acids is 1. The molecule has 4 N–H and O–H groups in total. The lowest BCUT2D eigenvalue weighted by Gasteiger charge is -2.35. The molecule has 4 fully saturated rings. The van der Waals surface area contributed by atoms with E-state index < -0.39 is 53.0 Å². The van der Waals surface area contributed by atoms with Crippen molar-refractivity contribution in [1.29, 1.82) is 5.26 Å². The van der Waals surface area contributed by atoms with E-state index in [0.29, 0.717) is 51.4 Å². The molecular weight excluding hydrogens is 786 g/mol. The van der Waals surface area contributed by atoms with Crippen molar-refractivity contribution < 1.29 is 38.5 Å². The smallest absolute Gasteiger partial charge is 0.408 e. The lowest BCUT2D eigenvalue weighted by molar-refractivity contribution is -0.146. The van der Waals surface area contributed by atoms with E-state index in [1.54, 1.807) is 18.2 Å². The summed E-state index contributed by atoms with van der Waals surface area (Å²) in [6.07, 6.45) is 1.99. The van der Waals surface area contributed by atoms with Crippen LogP contribution in [0, 0.1) is 34.5 Å². The van der Waals surface area contributed by atoms with Crippen LogP contribution in [0.1, 0.15) is 80.1 Å². The highest BCUT2D eigenvalue weighted by molar-refractivity contribution is 7.14. The summed E-state index contributed by atoms with van der Waals surface area (Å²) in [5, 5.41) is 31.4. The molecule has 8 atom stereocenters. The number of fused-ring (bicyclic) bond motifs is 2. The van der Waals surface area contributed by atoms with Gasteiger partial charge in [0, 0.05) is 29.3 Å². The number of ether oxygens (including phenoxy) is 3. The fourth-order valence-electron chi connectivity index (χ4n) is 8.39. The Kier molecular flexibility index (Phi) is 11.4. The van der Waals surface area contributed by atoms with Crippen LogP contribution >= 0.6 is 22.9 Å². The molecule has 17 heteroatoms. The van der Waals surface area contributed by atoms with Gasteiger partial charge >= 0.3 is 12.1 Å². The fraction of sp³-hybridized carbons (Fsp3) is 0.585. The quantitative estimate of drug-likeness (QED) is 0.139. The van der Waals surface area contributed by atoms with E-state index >= 15 is 0 Å². The van der Waals surface area contributed by atoms with Crippen molar-refractivity contribution in [3.63, 3.8) is 0 Å². The highest BCUT2D eigenvalue weighted by Crippen LogP contribution is 2.52. The number of aliphatic carboxylic acids is 1. The number of carbonyl (C=O) groups is 4. The Bertz CT molecular complexity index is 2140. The molecule has 310 valence electrons. The van der Waals surface area contributed by atoms with Gasteiger partial charge in [-0.25, -0.2) is 19.6 Å². The van der Waals surface area contributed by atoms with Crippen molar-refractivity contribution in [2.75, 3.05) is 18.5 Å². The number of pyridine rings is 1. The third kappa shape index (κ3) is 8.47. The zero-order chi connectivity index (χ0) is 41.7. The Morgan fingerprint density at radius 2 is 1.83 bits per heavy atom. The van der Waals surface area contributed by atoms with Gasteiger partial charge in [-0.3, -0.25) is 9.59 Å². The topological polar surface area (TPSA) is 205 Å². The first-order chi connectivity index (χ1) is 27.5. The summed E-state index contributed by atoms with van der Waals surface area (Å²) in [6.45, 7) is 11.0. The van der Waals surface area contributed by atoms with Crippen LogP contribution in [0.4, 0.5) is 9.93 Å². The molecule has 1 aromatic carbocycles. The SMILES string of the molecule is CC[C@@H]1CC1(NC(=O)[C@@H]1C[C@H](Oc2cc(-c3csc(NC(C)C)n3)nc3c(Cl)c(OCC#N)ccc23)CN1C(=O)[C@H](NC(=O)O[C@@H]1C[C@@H]2C[C@@H]2C1)C(C)(C)C)C(=O)O. The zero-order valence-electron chi connectivity index (χ0n) is 33.5. The number of hydrogen-bond donors (Lipinski definition) is 4. The molecule has 1 saturated heterocycles. The van der Waals surface area contributed by atoms with Gasteiger partial charge in [0.05, 0.1) is 17.8 Å². The summed E-state index contributed by atoms with van der Waals surface area (Å²) < 4.78 is 18.0. The number of alkyl carbamates (subject to hydrolysis) is 1. The molecule has 2 aromatic heterocycles. The fourth-order valence-corrected chi connectivity index (χ4v) is 9.50. The number of carboxylic acid groups (broad SMARTS) is 1. The van der Waals surface area contributed by atoms with E-state index in [1.807, 2.05) is 53.0 Å². The maximum Gasteiger partial charge on any atom is 0.408 e. The van der Waals surface area contributed by atoms with Gasteiger partial charge in [-0.2, -0.15) is 5.26 Å². The molecule has 0 spiro atoms. The number of rotatable bonds is 14. The average Bonchev–Trinajstić information content (AvgIpc) is 3.83. The third-order valence-corrected chi connectivity index (χ3v) is 12.8. The Morgan fingerprint density at radius 3 is 2.47 bits per heavy atom. The highest BCUT2D eigenvalue weighted by atomic mass is 35.5. The average molecular weight is 836 g/mol. The van der Waals surface area contributed by atoms with Crippen molar-refractivity contribution in [1.82, 2.24) is 25.5 Å². The predicted molar refractivity (Wildman–Crippen MR) is 217 cm³/mol. The minimum Gasteiger partial charge on any atom is -0.488 e. The maximum atomic E-state index is 14.7. The summed E-state index contributed by atoms with van der Waals surface area (Å²) >= 11 is 8.25. The van der Waals surface area contributed by atoms with Crippen LogP contribution < -0.4 is 25.4 Å². The molecule has 3 heterocycles. The largest absolute Gasteiger partial charge is 0.488 e. The normalized spacial score (nSPS) is 26.4. The minimum atomic E-state index is -1.43. The standard InChI is InChI=1S/C41H50ClN7O8S/c1-7-23-17-41(23,37(52)53)48-35(50)29-15-25(18-49(29)36(51)34(40(4,5)6)47-39(54)57-24-13-21-12-22(21)14-24)56-31-16-27(28-19-58-38(46-28)44-20(2)3)45-33-26(31)8-9-30(32(33)42)55-11-10-43/h8-9,16,19-25,29,34H,7,11-15,17-18H2,1-6H3,(H,44,46)(H,47,54)(H,48,50)(H,52,53)/t21-,22+,23-,24+,25+,29+,34+,41?/m1/s1. The summed E-state index contributed by atoms with van der Waals surface area (Å²) in [7, 11) is 0. The van der Waals surface area contributed by atoms with Gasteiger partial charge in [-0.15, -0.1) is 11.3 Å². The van der Waals surface area contributed by atoms with Gasteiger partial charge in [-0.1, -0.05) is 45.7 Å². The van der Waals surface area contributed by atoms with Crippen LogP contribution in [0.3, 0.4) is 0 Å². The van der Waals surface area contributed by atoms with E-state index in [1.165, 1.54) is 16.2 Å². The van der Waals surface area contributed by atoms with Crippen LogP contribution in [0.15, 0.2) is 23.6 Å². The second kappa shape index (κ2) is 16.1. The number of halogens is 1. The van der Waals surface area contributed by atoms with E-state index in [9.17, 15) is 24.3 Å². The van der Waals surface area contributed by atoms with E-state index in [4.69, 9.17) is 41.0 Å². The van der Waals surface area contributed by atoms with Crippen molar-refractivity contribution in [3.05, 3.63) is 28.6 Å². The number of nitrogens with zero attached hydrogens (tertiary/aromatic N) is 4. The van der Waals surface area contributed by atoms with Gasteiger partial charge in [0.25, 0.3) is 0 Å². The van der Waals surface area contributed by atoms with Gasteiger partial charge in [0.15, 0.2) is 11.7 Å². The third-order valence-electron chi connectivity index (χ3n) is 11.6. The number of nitriles is 1. The number of likely N-dealkylation sites (tertiary alicyclic amines) is 1. The minimum absolute atomic E-state index is 0.0195. The Labute approximate surface area is 346 Å². The van der Waals surface area contributed by atoms with Gasteiger partial charge in [-0.05, 0) is 74.8 Å². The van der Waals surface area contributed by atoms with Crippen LogP contribution in [-0.4, -0.2) is 92.9 Å². The molecule has 0 radical (unpaired) electrons. The monoisotopic (exact) mass is 835 g/mol. The molecule has 4 aliphatic rings. The summed E-state index contributed by atoms with van der Waals surface area (Å²) in [5.74, 6) is -0.729. The predicted octanol–water partition coefficient (Wildman–Crippen LogP) is 6.39. The lowest BCUT2D eigenvalue weighted by Crippen LogP contribution is -2.59. The molecule has 1 unspecified atom stereocenters. The van der Waals surface area contributed by atoms with E-state index in [-0.39, 0.29) is 54.8 Å². The van der Waals surface area contributed by atoms with Crippen molar-refractivity contribution in [3.8, 4) is 29.0 Å². The molecule has 3 aliphatic carbocycles.